The van der Waals surface area contributed by atoms with Gasteiger partial charge in [0.25, 0.3) is 0 Å². The van der Waals surface area contributed by atoms with E-state index in [2.05, 4.69) is 0 Å². The molecule has 1 aliphatic heterocycles. The van der Waals surface area contributed by atoms with Crippen LogP contribution in [0.1, 0.15) is 26.3 Å². The van der Waals surface area contributed by atoms with Gasteiger partial charge in [-0.05, 0) is 58.5 Å². The van der Waals surface area contributed by atoms with Crippen molar-refractivity contribution in [2.75, 3.05) is 14.2 Å². The third-order valence-corrected chi connectivity index (χ3v) is 6.76. The maximum absolute atomic E-state index is 12.9. The first-order valence-corrected chi connectivity index (χ1v) is 11.4. The van der Waals surface area contributed by atoms with Gasteiger partial charge < -0.3 is 19.3 Å². The van der Waals surface area contributed by atoms with Gasteiger partial charge in [0.15, 0.2) is 0 Å². The number of carbonyl (C=O) groups is 2. The number of carbonyl (C=O) groups excluding carboxylic acids is 1. The van der Waals surface area contributed by atoms with E-state index in [0.717, 1.165) is 27.3 Å². The van der Waals surface area contributed by atoms with Gasteiger partial charge in [0.2, 0.25) is 0 Å². The zero-order valence-corrected chi connectivity index (χ0v) is 19.3. The third kappa shape index (κ3) is 3.60. The van der Waals surface area contributed by atoms with Crippen molar-refractivity contribution in [2.24, 2.45) is 0 Å². The number of methoxy groups -OCH3 is 2. The van der Waals surface area contributed by atoms with Crippen LogP contribution >= 0.6 is 11.3 Å². The van der Waals surface area contributed by atoms with Gasteiger partial charge in [0, 0.05) is 21.6 Å². The van der Waals surface area contributed by atoms with E-state index >= 15 is 0 Å². The molecule has 1 aromatic heterocycles. The van der Waals surface area contributed by atoms with Gasteiger partial charge in [-0.15, -0.1) is 11.3 Å². The van der Waals surface area contributed by atoms with Gasteiger partial charge in [-0.3, -0.25) is 0 Å². The second-order valence-electron chi connectivity index (χ2n) is 7.71. The molecule has 2 heterocycles. The normalized spacial score (nSPS) is 11.7. The average Bonchev–Trinajstić information content (AvgIpc) is 3.41. The summed E-state index contributed by atoms with van der Waals surface area (Å²) in [5.41, 5.74) is 4.38. The van der Waals surface area contributed by atoms with Crippen molar-refractivity contribution in [3.05, 3.63) is 82.7 Å². The van der Waals surface area contributed by atoms with Crippen molar-refractivity contribution in [1.29, 1.82) is 0 Å². The molecule has 0 fully saturated rings. The SMILES string of the molecule is COC(=O)c1cc2c(cc1-c1cc(OC)c(-c3cccs3)cc1C(=O)O)COc1ccccc1-2. The smallest absolute Gasteiger partial charge is 0.338 e. The number of ether oxygens (including phenoxy) is 3. The summed E-state index contributed by atoms with van der Waals surface area (Å²) in [5.74, 6) is -0.422. The quantitative estimate of drug-likeness (QED) is 0.352. The molecule has 0 atom stereocenters. The van der Waals surface area contributed by atoms with Gasteiger partial charge in [0.1, 0.15) is 18.1 Å². The Morgan fingerprint density at radius 3 is 2.35 bits per heavy atom. The highest BCUT2D eigenvalue weighted by Gasteiger charge is 2.26. The number of carboxylic acids is 1. The fourth-order valence-corrected chi connectivity index (χ4v) is 5.01. The summed E-state index contributed by atoms with van der Waals surface area (Å²) < 4.78 is 16.6. The van der Waals surface area contributed by atoms with Crippen LogP contribution in [0.25, 0.3) is 32.7 Å². The number of para-hydroxylation sites is 1. The van der Waals surface area contributed by atoms with E-state index in [4.69, 9.17) is 14.2 Å². The molecule has 0 bridgehead atoms. The van der Waals surface area contributed by atoms with E-state index in [1.54, 1.807) is 18.2 Å². The van der Waals surface area contributed by atoms with Crippen molar-refractivity contribution in [2.45, 2.75) is 6.61 Å². The minimum absolute atomic E-state index is 0.0615. The number of hydrogen-bond acceptors (Lipinski definition) is 6. The van der Waals surface area contributed by atoms with Gasteiger partial charge in [-0.25, -0.2) is 9.59 Å². The molecule has 0 aliphatic carbocycles. The van der Waals surface area contributed by atoms with Gasteiger partial charge in [0.05, 0.1) is 25.3 Å². The number of thiophene rings is 1. The molecule has 7 heteroatoms. The highest BCUT2D eigenvalue weighted by atomic mass is 32.1. The zero-order chi connectivity index (χ0) is 23.8. The highest BCUT2D eigenvalue weighted by molar-refractivity contribution is 7.13. The molecule has 0 spiro atoms. The Labute approximate surface area is 200 Å². The molecule has 170 valence electrons. The molecule has 1 aliphatic rings. The van der Waals surface area contributed by atoms with Crippen molar-refractivity contribution >= 4 is 23.3 Å². The molecule has 1 N–H and O–H groups in total. The maximum Gasteiger partial charge on any atom is 0.338 e. The summed E-state index contributed by atoms with van der Waals surface area (Å²) >= 11 is 1.49. The van der Waals surface area contributed by atoms with Gasteiger partial charge in [-0.2, -0.15) is 0 Å². The Bertz CT molecular complexity index is 1420. The maximum atomic E-state index is 12.9. The minimum Gasteiger partial charge on any atom is -0.496 e. The van der Waals surface area contributed by atoms with E-state index in [-0.39, 0.29) is 11.1 Å². The molecular weight excluding hydrogens is 452 g/mol. The first-order chi connectivity index (χ1) is 16.5. The summed E-state index contributed by atoms with van der Waals surface area (Å²) in [5, 5.41) is 12.0. The largest absolute Gasteiger partial charge is 0.496 e. The van der Waals surface area contributed by atoms with Crippen molar-refractivity contribution < 1.29 is 28.9 Å². The molecule has 6 nitrogen and oxygen atoms in total. The summed E-state index contributed by atoms with van der Waals surface area (Å²) in [6, 6.07) is 18.2. The fraction of sp³-hybridized carbons (Fsp3) is 0.111. The fourth-order valence-electron chi connectivity index (χ4n) is 4.26. The Balaban J connectivity index is 1.79. The monoisotopic (exact) mass is 472 g/mol. The van der Waals surface area contributed by atoms with Crippen LogP contribution in [0.4, 0.5) is 0 Å². The predicted octanol–water partition coefficient (Wildman–Crippen LogP) is 6.13. The second kappa shape index (κ2) is 8.68. The minimum atomic E-state index is -1.11. The lowest BCUT2D eigenvalue weighted by atomic mass is 9.87. The van der Waals surface area contributed by atoms with Crippen LogP contribution in [-0.4, -0.2) is 31.3 Å². The molecule has 0 amide bonds. The van der Waals surface area contributed by atoms with Crippen LogP contribution in [0.2, 0.25) is 0 Å². The van der Waals surface area contributed by atoms with E-state index < -0.39 is 11.9 Å². The lowest BCUT2D eigenvalue weighted by molar-refractivity contribution is 0.0600. The van der Waals surface area contributed by atoms with Gasteiger partial charge in [-0.1, -0.05) is 24.3 Å². The molecule has 4 aromatic rings. The summed E-state index contributed by atoms with van der Waals surface area (Å²) in [4.78, 5) is 26.1. The second-order valence-corrected chi connectivity index (χ2v) is 8.66. The molecule has 0 radical (unpaired) electrons. The van der Waals surface area contributed by atoms with Crippen LogP contribution in [-0.2, 0) is 11.3 Å². The number of esters is 1. The van der Waals surface area contributed by atoms with Crippen molar-refractivity contribution in [3.8, 4) is 44.2 Å². The summed E-state index contributed by atoms with van der Waals surface area (Å²) in [7, 11) is 2.84. The van der Waals surface area contributed by atoms with Crippen LogP contribution < -0.4 is 9.47 Å². The number of carboxylic acid groups (broad SMARTS) is 1. The average molecular weight is 473 g/mol. The van der Waals surface area contributed by atoms with Gasteiger partial charge >= 0.3 is 11.9 Å². The standard InChI is InChI=1S/C27H20O6S/c1-31-24-13-19(20(26(28)29)12-22(24)25-8-5-9-34-25)18-10-15-14-33-23-7-4-3-6-16(23)17(15)11-21(18)27(30)32-2/h3-13H,14H2,1-2H3,(H,28,29). The van der Waals surface area contributed by atoms with E-state index in [1.165, 1.54) is 25.6 Å². The number of aromatic carboxylic acids is 1. The van der Waals surface area contributed by atoms with Crippen molar-refractivity contribution in [3.63, 3.8) is 0 Å². The van der Waals surface area contributed by atoms with E-state index in [0.29, 0.717) is 29.0 Å². The summed E-state index contributed by atoms with van der Waals surface area (Å²) in [6.45, 7) is 0.299. The molecule has 0 saturated carbocycles. The predicted molar refractivity (Wildman–Crippen MR) is 130 cm³/mol. The van der Waals surface area contributed by atoms with Crippen LogP contribution in [0, 0.1) is 0 Å². The lowest BCUT2D eigenvalue weighted by Crippen LogP contribution is -2.11. The highest BCUT2D eigenvalue weighted by Crippen LogP contribution is 2.44. The number of fused-ring (bicyclic) bond motifs is 3. The number of rotatable bonds is 5. The molecule has 0 unspecified atom stereocenters. The third-order valence-electron chi connectivity index (χ3n) is 5.86. The van der Waals surface area contributed by atoms with Crippen LogP contribution in [0.15, 0.2) is 66.0 Å². The molecule has 3 aromatic carbocycles. The van der Waals surface area contributed by atoms with Crippen LogP contribution in [0.3, 0.4) is 0 Å². The Morgan fingerprint density at radius 2 is 1.65 bits per heavy atom. The van der Waals surface area contributed by atoms with Crippen LogP contribution in [0.5, 0.6) is 11.5 Å². The zero-order valence-electron chi connectivity index (χ0n) is 18.5. The molecule has 34 heavy (non-hydrogen) atoms. The summed E-state index contributed by atoms with van der Waals surface area (Å²) in [6.07, 6.45) is 0. The first kappa shape index (κ1) is 21.7. The molecule has 5 rings (SSSR count). The van der Waals surface area contributed by atoms with E-state index in [9.17, 15) is 14.7 Å². The number of hydrogen-bond donors (Lipinski definition) is 1. The Morgan fingerprint density at radius 1 is 0.882 bits per heavy atom. The van der Waals surface area contributed by atoms with E-state index in [1.807, 2.05) is 47.8 Å². The molecular formula is C27H20O6S. The molecule has 0 saturated heterocycles. The number of benzene rings is 3. The first-order valence-electron chi connectivity index (χ1n) is 10.5. The Kier molecular flexibility index (Phi) is 5.55. The Hall–Kier alpha value is -4.10. The van der Waals surface area contributed by atoms with Crippen molar-refractivity contribution in [1.82, 2.24) is 0 Å². The lowest BCUT2D eigenvalue weighted by Gasteiger charge is -2.23. The topological polar surface area (TPSA) is 82.1 Å².